The van der Waals surface area contributed by atoms with E-state index in [9.17, 15) is 21.6 Å². The van der Waals surface area contributed by atoms with Crippen LogP contribution in [0.25, 0.3) is 22.3 Å². The Kier molecular flexibility index (Phi) is 6.27. The normalized spacial score (nSPS) is 19.7. The number of pyridine rings is 2. The number of anilines is 1. The summed E-state index contributed by atoms with van der Waals surface area (Å²) < 4.78 is 80.6. The first kappa shape index (κ1) is 23.8. The van der Waals surface area contributed by atoms with Crippen molar-refractivity contribution < 1.29 is 35.2 Å². The van der Waals surface area contributed by atoms with Crippen LogP contribution < -0.4 is 9.08 Å². The number of hydrogen-bond donors (Lipinski definition) is 0. The largest absolute Gasteiger partial charge is 0.534 e. The molecule has 35 heavy (non-hydrogen) atoms. The van der Waals surface area contributed by atoms with Gasteiger partial charge in [-0.05, 0) is 31.4 Å². The van der Waals surface area contributed by atoms with E-state index in [1.165, 1.54) is 18.3 Å². The highest BCUT2D eigenvalue weighted by Gasteiger charge is 2.49. The highest BCUT2D eigenvalue weighted by molar-refractivity contribution is 7.88. The third kappa shape index (κ3) is 4.65. The average molecular weight is 513 g/mol. The third-order valence-electron chi connectivity index (χ3n) is 5.84. The van der Waals surface area contributed by atoms with E-state index >= 15 is 0 Å². The number of hydrogen-bond acceptors (Lipinski definition) is 9. The Balaban J connectivity index is 1.67. The van der Waals surface area contributed by atoms with Crippen molar-refractivity contribution in [1.82, 2.24) is 19.7 Å². The summed E-state index contributed by atoms with van der Waals surface area (Å²) in [5, 5.41) is 4.44. The van der Waals surface area contributed by atoms with Gasteiger partial charge >= 0.3 is 15.6 Å². The van der Waals surface area contributed by atoms with Crippen LogP contribution in [0.4, 0.5) is 19.0 Å². The van der Waals surface area contributed by atoms with Crippen molar-refractivity contribution >= 4 is 26.8 Å². The van der Waals surface area contributed by atoms with Crippen LogP contribution in [0.3, 0.4) is 0 Å². The van der Waals surface area contributed by atoms with E-state index in [0.29, 0.717) is 44.3 Å². The smallest absolute Gasteiger partial charge is 0.378 e. The Bertz CT molecular complexity index is 1320. The topological polar surface area (TPSA) is 109 Å². The summed E-state index contributed by atoms with van der Waals surface area (Å²) in [4.78, 5) is 10.9. The van der Waals surface area contributed by atoms with Gasteiger partial charge in [0.05, 0.1) is 18.9 Å². The van der Waals surface area contributed by atoms with Gasteiger partial charge in [0.25, 0.3) is 0 Å². The SMILES string of the molecule is O=S(=O)(Oc1cc(N2CCOCC2)nc2c(-c3ccnn3C3CCCCO3)nccc12)C(F)(F)F. The molecule has 2 aliphatic rings. The van der Waals surface area contributed by atoms with Crippen LogP contribution in [-0.4, -0.2) is 66.6 Å². The molecule has 2 saturated heterocycles. The van der Waals surface area contributed by atoms with E-state index in [4.69, 9.17) is 9.47 Å². The summed E-state index contributed by atoms with van der Waals surface area (Å²) >= 11 is 0. The van der Waals surface area contributed by atoms with E-state index < -0.39 is 21.4 Å². The number of alkyl halides is 3. The molecule has 0 saturated carbocycles. The molecular formula is C21H22F3N5O5S. The molecule has 0 aromatic carbocycles. The fourth-order valence-electron chi connectivity index (χ4n) is 4.13. The molecule has 0 spiro atoms. The van der Waals surface area contributed by atoms with E-state index in [0.717, 1.165) is 19.3 Å². The summed E-state index contributed by atoms with van der Waals surface area (Å²) in [6.07, 6.45) is 5.25. The lowest BCUT2D eigenvalue weighted by Crippen LogP contribution is -2.36. The summed E-state index contributed by atoms with van der Waals surface area (Å²) in [6, 6.07) is 4.27. The molecule has 10 nitrogen and oxygen atoms in total. The molecule has 0 aliphatic carbocycles. The zero-order chi connectivity index (χ0) is 24.6. The van der Waals surface area contributed by atoms with Gasteiger partial charge in [-0.3, -0.25) is 4.98 Å². The molecule has 0 bridgehead atoms. The van der Waals surface area contributed by atoms with Gasteiger partial charge < -0.3 is 18.6 Å². The maximum absolute atomic E-state index is 13.1. The lowest BCUT2D eigenvalue weighted by molar-refractivity contribution is -0.0499. The zero-order valence-corrected chi connectivity index (χ0v) is 19.3. The molecule has 3 aromatic rings. The fraction of sp³-hybridized carbons (Fsp3) is 0.476. The van der Waals surface area contributed by atoms with Gasteiger partial charge in [-0.25, -0.2) is 9.67 Å². The molecule has 0 N–H and O–H groups in total. The maximum atomic E-state index is 13.1. The van der Waals surface area contributed by atoms with Gasteiger partial charge in [0.1, 0.15) is 17.0 Å². The molecule has 5 heterocycles. The van der Waals surface area contributed by atoms with Crippen LogP contribution in [-0.2, 0) is 19.6 Å². The van der Waals surface area contributed by atoms with Crippen LogP contribution in [0.1, 0.15) is 25.5 Å². The van der Waals surface area contributed by atoms with Crippen LogP contribution in [0, 0.1) is 0 Å². The predicted octanol–water partition coefficient (Wildman–Crippen LogP) is 3.26. The lowest BCUT2D eigenvalue weighted by Gasteiger charge is -2.28. The van der Waals surface area contributed by atoms with Crippen LogP contribution >= 0.6 is 0 Å². The molecule has 14 heteroatoms. The summed E-state index contributed by atoms with van der Waals surface area (Å²) in [5.41, 5.74) is -4.55. The van der Waals surface area contributed by atoms with E-state index in [1.807, 2.05) is 0 Å². The van der Waals surface area contributed by atoms with E-state index in [1.54, 1.807) is 21.8 Å². The van der Waals surface area contributed by atoms with Gasteiger partial charge in [-0.2, -0.15) is 26.7 Å². The van der Waals surface area contributed by atoms with Gasteiger partial charge in [-0.15, -0.1) is 0 Å². The minimum atomic E-state index is -5.91. The standard InChI is InChI=1S/C21H22F3N5O5S/c22-21(23,24)35(30,31)34-16-13-17(28-8-11-32-12-9-28)27-19-14(16)4-6-25-20(19)15-5-7-26-29(15)18-3-1-2-10-33-18/h4-7,13,18H,1-3,8-12H2. The minimum Gasteiger partial charge on any atom is -0.378 e. The van der Waals surface area contributed by atoms with Gasteiger partial charge in [0, 0.05) is 43.5 Å². The Morgan fingerprint density at radius 2 is 1.89 bits per heavy atom. The van der Waals surface area contributed by atoms with E-state index in [2.05, 4.69) is 19.2 Å². The Morgan fingerprint density at radius 3 is 2.60 bits per heavy atom. The van der Waals surface area contributed by atoms with Crippen molar-refractivity contribution in [2.24, 2.45) is 0 Å². The lowest BCUT2D eigenvalue weighted by atomic mass is 10.1. The Morgan fingerprint density at radius 1 is 1.09 bits per heavy atom. The van der Waals surface area contributed by atoms with Crippen molar-refractivity contribution in [3.63, 3.8) is 0 Å². The maximum Gasteiger partial charge on any atom is 0.534 e. The van der Waals surface area contributed by atoms with Crippen LogP contribution in [0.2, 0.25) is 0 Å². The quantitative estimate of drug-likeness (QED) is 0.375. The second kappa shape index (κ2) is 9.24. The number of nitrogens with zero attached hydrogens (tertiary/aromatic N) is 5. The first-order chi connectivity index (χ1) is 16.7. The number of rotatable bonds is 5. The number of halogens is 3. The van der Waals surface area contributed by atoms with Gasteiger partial charge in [0.2, 0.25) is 0 Å². The first-order valence-corrected chi connectivity index (χ1v) is 12.4. The number of aromatic nitrogens is 4. The predicted molar refractivity (Wildman–Crippen MR) is 118 cm³/mol. The van der Waals surface area contributed by atoms with E-state index in [-0.39, 0.29) is 22.9 Å². The Hall–Kier alpha value is -2.97. The summed E-state index contributed by atoms with van der Waals surface area (Å²) in [5.74, 6) is -0.236. The highest BCUT2D eigenvalue weighted by atomic mass is 32.2. The first-order valence-electron chi connectivity index (χ1n) is 11.0. The van der Waals surface area contributed by atoms with Crippen molar-refractivity contribution in [3.8, 4) is 17.1 Å². The minimum absolute atomic E-state index is 0.0668. The molecule has 1 unspecified atom stereocenters. The molecule has 2 fully saturated rings. The van der Waals surface area contributed by atoms with Crippen LogP contribution in [0.15, 0.2) is 30.6 Å². The summed E-state index contributed by atoms with van der Waals surface area (Å²) in [6.45, 7) is 2.21. The van der Waals surface area contributed by atoms with Gasteiger partial charge in [0.15, 0.2) is 12.0 Å². The summed E-state index contributed by atoms with van der Waals surface area (Å²) in [7, 11) is -5.91. The van der Waals surface area contributed by atoms with Crippen LogP contribution in [0.5, 0.6) is 5.75 Å². The van der Waals surface area contributed by atoms with Crippen molar-refractivity contribution in [3.05, 3.63) is 30.6 Å². The molecular weight excluding hydrogens is 491 g/mol. The number of fused-ring (bicyclic) bond motifs is 1. The second-order valence-corrected chi connectivity index (χ2v) is 9.64. The third-order valence-corrected chi connectivity index (χ3v) is 6.80. The zero-order valence-electron chi connectivity index (χ0n) is 18.4. The number of morpholine rings is 1. The monoisotopic (exact) mass is 513 g/mol. The Labute approximate surface area is 198 Å². The molecule has 0 amide bonds. The molecule has 2 aliphatic heterocycles. The van der Waals surface area contributed by atoms with Crippen molar-refractivity contribution in [2.45, 2.75) is 31.0 Å². The van der Waals surface area contributed by atoms with Crippen molar-refractivity contribution in [2.75, 3.05) is 37.8 Å². The average Bonchev–Trinajstić information content (AvgIpc) is 3.33. The fourth-order valence-corrected chi connectivity index (χ4v) is 4.60. The molecule has 0 radical (unpaired) electrons. The molecule has 188 valence electrons. The van der Waals surface area contributed by atoms with Crippen molar-refractivity contribution in [1.29, 1.82) is 0 Å². The second-order valence-electron chi connectivity index (χ2n) is 8.10. The molecule has 5 rings (SSSR count). The number of ether oxygens (including phenoxy) is 2. The highest BCUT2D eigenvalue weighted by Crippen LogP contribution is 2.38. The molecule has 3 aromatic heterocycles. The van der Waals surface area contributed by atoms with Gasteiger partial charge in [-0.1, -0.05) is 0 Å². The molecule has 1 atom stereocenters.